The van der Waals surface area contributed by atoms with Crippen LogP contribution in [0.25, 0.3) is 11.3 Å². The quantitative estimate of drug-likeness (QED) is 0.352. The van der Waals surface area contributed by atoms with Crippen LogP contribution in [0, 0.1) is 0 Å². The standard InChI is InChI=1S/C22H19ClN4OS/c23-18-10-8-16(9-11-18)19-12-24-20(28-19)14-29-22-26-25-21(17-6-7-17)27(22)13-15-4-2-1-3-5-15/h1-5,8-12,17H,6-7,13-14H2. The molecule has 2 heterocycles. The Hall–Kier alpha value is -2.57. The van der Waals surface area contributed by atoms with Crippen molar-refractivity contribution < 1.29 is 4.42 Å². The van der Waals surface area contributed by atoms with Gasteiger partial charge in [0.15, 0.2) is 10.9 Å². The molecule has 2 aromatic carbocycles. The first-order valence-electron chi connectivity index (χ1n) is 9.57. The van der Waals surface area contributed by atoms with E-state index in [1.807, 2.05) is 30.3 Å². The summed E-state index contributed by atoms with van der Waals surface area (Å²) in [6.45, 7) is 0.781. The van der Waals surface area contributed by atoms with Crippen molar-refractivity contribution in [2.24, 2.45) is 0 Å². The Morgan fingerprint density at radius 1 is 1.03 bits per heavy atom. The van der Waals surface area contributed by atoms with E-state index in [-0.39, 0.29) is 0 Å². The summed E-state index contributed by atoms with van der Waals surface area (Å²) < 4.78 is 8.16. The van der Waals surface area contributed by atoms with Gasteiger partial charge >= 0.3 is 0 Å². The third kappa shape index (κ3) is 4.23. The van der Waals surface area contributed by atoms with Crippen LogP contribution in [0.15, 0.2) is 70.4 Å². The van der Waals surface area contributed by atoms with Gasteiger partial charge in [-0.2, -0.15) is 0 Å². The summed E-state index contributed by atoms with van der Waals surface area (Å²) in [4.78, 5) is 4.42. The number of benzene rings is 2. The summed E-state index contributed by atoms with van der Waals surface area (Å²) in [6, 6.07) is 18.0. The van der Waals surface area contributed by atoms with Crippen molar-refractivity contribution in [2.45, 2.75) is 36.2 Å². The zero-order valence-corrected chi connectivity index (χ0v) is 17.2. The van der Waals surface area contributed by atoms with Gasteiger partial charge in [0.1, 0.15) is 5.82 Å². The van der Waals surface area contributed by atoms with E-state index in [9.17, 15) is 0 Å². The number of halogens is 1. The van der Waals surface area contributed by atoms with E-state index in [0.717, 1.165) is 28.8 Å². The first-order valence-corrected chi connectivity index (χ1v) is 10.9. The monoisotopic (exact) mass is 422 g/mol. The highest BCUT2D eigenvalue weighted by Crippen LogP contribution is 2.40. The molecule has 2 aromatic heterocycles. The maximum absolute atomic E-state index is 5.96. The van der Waals surface area contributed by atoms with Gasteiger partial charge in [0.2, 0.25) is 5.89 Å². The summed E-state index contributed by atoms with van der Waals surface area (Å²) in [5.41, 5.74) is 2.21. The highest BCUT2D eigenvalue weighted by atomic mass is 35.5. The molecule has 5 nitrogen and oxygen atoms in total. The minimum Gasteiger partial charge on any atom is -0.440 e. The maximum Gasteiger partial charge on any atom is 0.205 e. The molecule has 1 fully saturated rings. The van der Waals surface area contributed by atoms with Gasteiger partial charge in [0.05, 0.1) is 18.5 Å². The first kappa shape index (κ1) is 18.5. The molecule has 5 rings (SSSR count). The number of oxazole rings is 1. The van der Waals surface area contributed by atoms with Crippen molar-refractivity contribution in [3.63, 3.8) is 0 Å². The Bertz CT molecular complexity index is 1100. The van der Waals surface area contributed by atoms with Crippen LogP contribution in [0.1, 0.15) is 36.0 Å². The topological polar surface area (TPSA) is 56.7 Å². The van der Waals surface area contributed by atoms with Crippen molar-refractivity contribution in [1.82, 2.24) is 19.7 Å². The molecule has 0 radical (unpaired) electrons. The molecule has 0 atom stereocenters. The molecule has 29 heavy (non-hydrogen) atoms. The minimum absolute atomic E-state index is 0.541. The molecular formula is C22H19ClN4OS. The average molecular weight is 423 g/mol. The number of hydrogen-bond acceptors (Lipinski definition) is 5. The molecule has 0 N–H and O–H groups in total. The van der Waals surface area contributed by atoms with Crippen LogP contribution in [0.3, 0.4) is 0 Å². The molecule has 4 aromatic rings. The highest BCUT2D eigenvalue weighted by molar-refractivity contribution is 7.98. The van der Waals surface area contributed by atoms with E-state index in [1.54, 1.807) is 18.0 Å². The van der Waals surface area contributed by atoms with Crippen LogP contribution < -0.4 is 0 Å². The lowest BCUT2D eigenvalue weighted by molar-refractivity contribution is 0.529. The molecule has 0 spiro atoms. The van der Waals surface area contributed by atoms with Crippen molar-refractivity contribution in [1.29, 1.82) is 0 Å². The molecule has 0 saturated heterocycles. The minimum atomic E-state index is 0.541. The summed E-state index contributed by atoms with van der Waals surface area (Å²) >= 11 is 7.57. The number of aromatic nitrogens is 4. The highest BCUT2D eigenvalue weighted by Gasteiger charge is 2.30. The summed E-state index contributed by atoms with van der Waals surface area (Å²) in [6.07, 6.45) is 4.15. The molecule has 1 saturated carbocycles. The largest absolute Gasteiger partial charge is 0.440 e. The van der Waals surface area contributed by atoms with E-state index < -0.39 is 0 Å². The SMILES string of the molecule is Clc1ccc(-c2cnc(CSc3nnc(C4CC4)n3Cc3ccccc3)o2)cc1. The van der Waals surface area contributed by atoms with E-state index in [2.05, 4.69) is 44.0 Å². The molecular weight excluding hydrogens is 404 g/mol. The fourth-order valence-corrected chi connectivity index (χ4v) is 4.14. The number of nitrogens with zero attached hydrogens (tertiary/aromatic N) is 4. The van der Waals surface area contributed by atoms with Crippen LogP contribution in [0.4, 0.5) is 0 Å². The van der Waals surface area contributed by atoms with Crippen LogP contribution >= 0.6 is 23.4 Å². The number of rotatable bonds is 7. The van der Waals surface area contributed by atoms with Gasteiger partial charge < -0.3 is 8.98 Å². The lowest BCUT2D eigenvalue weighted by Crippen LogP contribution is -2.06. The average Bonchev–Trinajstić information content (AvgIpc) is 3.35. The fourth-order valence-electron chi connectivity index (χ4n) is 3.22. The lowest BCUT2D eigenvalue weighted by Gasteiger charge is -2.09. The Kier molecular flexibility index (Phi) is 5.12. The molecule has 0 amide bonds. The predicted octanol–water partition coefficient (Wildman–Crippen LogP) is 5.80. The van der Waals surface area contributed by atoms with Gasteiger partial charge in [-0.3, -0.25) is 0 Å². The second-order valence-corrected chi connectivity index (χ2v) is 8.48. The van der Waals surface area contributed by atoms with E-state index in [1.165, 1.54) is 18.4 Å². The van der Waals surface area contributed by atoms with Gasteiger partial charge in [-0.25, -0.2) is 4.98 Å². The molecule has 1 aliphatic carbocycles. The van der Waals surface area contributed by atoms with Crippen LogP contribution in [-0.2, 0) is 12.3 Å². The molecule has 7 heteroatoms. The molecule has 146 valence electrons. The molecule has 0 aliphatic heterocycles. The summed E-state index contributed by atoms with van der Waals surface area (Å²) in [7, 11) is 0. The van der Waals surface area contributed by atoms with Crippen molar-refractivity contribution >= 4 is 23.4 Å². The first-order chi connectivity index (χ1) is 14.3. The summed E-state index contributed by atoms with van der Waals surface area (Å²) in [5.74, 6) is 3.64. The van der Waals surface area contributed by atoms with Crippen LogP contribution in [0.2, 0.25) is 5.02 Å². The number of hydrogen-bond donors (Lipinski definition) is 0. The fraction of sp³-hybridized carbons (Fsp3) is 0.227. The van der Waals surface area contributed by atoms with Gasteiger partial charge in [-0.1, -0.05) is 53.7 Å². The Balaban J connectivity index is 1.33. The summed E-state index contributed by atoms with van der Waals surface area (Å²) in [5, 5.41) is 10.5. The molecule has 0 bridgehead atoms. The van der Waals surface area contributed by atoms with Crippen LogP contribution in [-0.4, -0.2) is 19.7 Å². The van der Waals surface area contributed by atoms with Crippen molar-refractivity contribution in [2.75, 3.05) is 0 Å². The smallest absolute Gasteiger partial charge is 0.205 e. The van der Waals surface area contributed by atoms with Gasteiger partial charge in [0, 0.05) is 16.5 Å². The second kappa shape index (κ2) is 8.05. The van der Waals surface area contributed by atoms with E-state index in [0.29, 0.717) is 22.6 Å². The van der Waals surface area contributed by atoms with Gasteiger partial charge in [0.25, 0.3) is 0 Å². The third-order valence-electron chi connectivity index (χ3n) is 4.88. The predicted molar refractivity (Wildman–Crippen MR) is 114 cm³/mol. The van der Waals surface area contributed by atoms with Gasteiger partial charge in [-0.15, -0.1) is 10.2 Å². The normalized spacial score (nSPS) is 13.7. The van der Waals surface area contributed by atoms with Gasteiger partial charge in [-0.05, 0) is 42.7 Å². The second-order valence-electron chi connectivity index (χ2n) is 7.10. The van der Waals surface area contributed by atoms with E-state index in [4.69, 9.17) is 16.0 Å². The molecule has 0 unspecified atom stereocenters. The Morgan fingerprint density at radius 2 is 1.83 bits per heavy atom. The van der Waals surface area contributed by atoms with Crippen molar-refractivity contribution in [3.05, 3.63) is 83.1 Å². The third-order valence-corrected chi connectivity index (χ3v) is 6.08. The zero-order valence-electron chi connectivity index (χ0n) is 15.7. The Morgan fingerprint density at radius 3 is 2.59 bits per heavy atom. The molecule has 1 aliphatic rings. The van der Waals surface area contributed by atoms with E-state index >= 15 is 0 Å². The Labute approximate surface area is 178 Å². The lowest BCUT2D eigenvalue weighted by atomic mass is 10.2. The number of thioether (sulfide) groups is 1. The zero-order chi connectivity index (χ0) is 19.6. The van der Waals surface area contributed by atoms with Crippen molar-refractivity contribution in [3.8, 4) is 11.3 Å². The maximum atomic E-state index is 5.96. The van der Waals surface area contributed by atoms with Crippen LogP contribution in [0.5, 0.6) is 0 Å².